The Hall–Kier alpha value is -4.14. The molecule has 9 heteroatoms. The zero-order valence-corrected chi connectivity index (χ0v) is 19.1. The van der Waals surface area contributed by atoms with Crippen molar-refractivity contribution in [3.05, 3.63) is 90.0 Å². The van der Waals surface area contributed by atoms with Gasteiger partial charge in [-0.1, -0.05) is 72.8 Å². The number of nitrogens with two attached hydrogens (primary N) is 1. The lowest BCUT2D eigenvalue weighted by Gasteiger charge is -2.27. The van der Waals surface area contributed by atoms with Crippen LogP contribution in [0, 0.1) is 5.92 Å². The molecule has 3 aromatic carbocycles. The molecule has 0 fully saturated rings. The summed E-state index contributed by atoms with van der Waals surface area (Å²) < 4.78 is 39.0. The minimum atomic E-state index is -4.53. The van der Waals surface area contributed by atoms with Gasteiger partial charge in [0.15, 0.2) is 0 Å². The van der Waals surface area contributed by atoms with Crippen molar-refractivity contribution in [2.24, 2.45) is 11.7 Å². The zero-order valence-electron chi connectivity index (χ0n) is 19.1. The molecule has 4 rings (SSSR count). The summed E-state index contributed by atoms with van der Waals surface area (Å²) in [5, 5.41) is 5.50. The molecule has 6 nitrogen and oxygen atoms in total. The molecule has 0 bridgehead atoms. The fraction of sp³-hybridized carbons (Fsp3) is 0.222. The highest BCUT2D eigenvalue weighted by Crippen LogP contribution is 2.38. The Morgan fingerprint density at radius 1 is 0.917 bits per heavy atom. The van der Waals surface area contributed by atoms with Gasteiger partial charge in [-0.15, -0.1) is 0 Å². The van der Waals surface area contributed by atoms with Gasteiger partial charge in [0.25, 0.3) is 5.91 Å². The number of carbonyl (C=O) groups is 3. The van der Waals surface area contributed by atoms with Crippen molar-refractivity contribution in [1.29, 1.82) is 0 Å². The molecule has 0 unspecified atom stereocenters. The van der Waals surface area contributed by atoms with E-state index in [2.05, 4.69) is 10.6 Å². The van der Waals surface area contributed by atoms with Crippen LogP contribution in [0.4, 0.5) is 18.9 Å². The number of alkyl halides is 3. The van der Waals surface area contributed by atoms with Crippen molar-refractivity contribution < 1.29 is 27.6 Å². The molecule has 0 aliphatic carbocycles. The number of para-hydroxylation sites is 1. The number of rotatable bonds is 7. The van der Waals surface area contributed by atoms with E-state index in [1.807, 2.05) is 18.2 Å². The summed E-state index contributed by atoms with van der Waals surface area (Å²) in [6.07, 6.45) is -6.47. The summed E-state index contributed by atoms with van der Waals surface area (Å²) in [5.74, 6) is -5.07. The third kappa shape index (κ3) is 5.40. The number of hydrogen-bond donors (Lipinski definition) is 3. The van der Waals surface area contributed by atoms with Crippen LogP contribution in [-0.2, 0) is 14.4 Å². The average Bonchev–Trinajstić information content (AvgIpc) is 2.96. The second-order valence-corrected chi connectivity index (χ2v) is 8.61. The number of primary amides is 1. The number of amides is 3. The Morgan fingerprint density at radius 2 is 1.53 bits per heavy atom. The van der Waals surface area contributed by atoms with Gasteiger partial charge in [0.2, 0.25) is 11.8 Å². The van der Waals surface area contributed by atoms with Crippen molar-refractivity contribution >= 4 is 23.4 Å². The molecular formula is C27H24F3N3O3. The molecule has 0 aromatic heterocycles. The molecule has 186 valence electrons. The molecule has 0 spiro atoms. The van der Waals surface area contributed by atoms with Crippen molar-refractivity contribution in [2.45, 2.75) is 31.0 Å². The van der Waals surface area contributed by atoms with Crippen LogP contribution in [0.1, 0.15) is 35.9 Å². The van der Waals surface area contributed by atoms with Crippen LogP contribution >= 0.6 is 0 Å². The molecule has 1 aliphatic heterocycles. The lowest BCUT2D eigenvalue weighted by molar-refractivity contribution is -0.143. The average molecular weight is 496 g/mol. The Morgan fingerprint density at radius 3 is 2.19 bits per heavy atom. The first-order chi connectivity index (χ1) is 17.2. The molecule has 0 radical (unpaired) electrons. The van der Waals surface area contributed by atoms with Crippen molar-refractivity contribution in [3.63, 3.8) is 0 Å². The van der Waals surface area contributed by atoms with E-state index in [0.717, 1.165) is 11.1 Å². The van der Waals surface area contributed by atoms with Crippen LogP contribution in [0.25, 0.3) is 11.1 Å². The second-order valence-electron chi connectivity index (χ2n) is 8.61. The normalized spacial score (nSPS) is 16.5. The Balaban J connectivity index is 1.72. The fourth-order valence-corrected chi connectivity index (χ4v) is 4.56. The van der Waals surface area contributed by atoms with Gasteiger partial charge in [-0.2, -0.15) is 13.2 Å². The molecule has 3 aromatic rings. The number of benzene rings is 3. The van der Waals surface area contributed by atoms with E-state index < -0.39 is 54.6 Å². The van der Waals surface area contributed by atoms with Gasteiger partial charge in [0, 0.05) is 17.7 Å². The SMILES string of the molecule is NC(=O)[C@H](CCC(F)(F)F)[C@@H](C(=O)N[C@@H]1C(=O)Nc2ccccc2-c2ccccc21)c1ccccc1. The van der Waals surface area contributed by atoms with Crippen LogP contribution in [0.2, 0.25) is 0 Å². The number of carbonyl (C=O) groups excluding carboxylic acids is 3. The molecule has 0 saturated carbocycles. The summed E-state index contributed by atoms with van der Waals surface area (Å²) in [7, 11) is 0. The van der Waals surface area contributed by atoms with E-state index in [9.17, 15) is 27.6 Å². The largest absolute Gasteiger partial charge is 0.389 e. The highest BCUT2D eigenvalue weighted by atomic mass is 19.4. The number of hydrogen-bond acceptors (Lipinski definition) is 3. The van der Waals surface area contributed by atoms with Crippen LogP contribution in [-0.4, -0.2) is 23.9 Å². The molecule has 4 N–H and O–H groups in total. The minimum absolute atomic E-state index is 0.326. The van der Waals surface area contributed by atoms with E-state index in [0.29, 0.717) is 16.8 Å². The number of halogens is 3. The predicted octanol–water partition coefficient (Wildman–Crippen LogP) is 4.69. The molecule has 36 heavy (non-hydrogen) atoms. The summed E-state index contributed by atoms with van der Waals surface area (Å²) in [4.78, 5) is 39.2. The Kier molecular flexibility index (Phi) is 7.10. The predicted molar refractivity (Wildman–Crippen MR) is 129 cm³/mol. The highest BCUT2D eigenvalue weighted by molar-refractivity contribution is 6.05. The van der Waals surface area contributed by atoms with Gasteiger partial charge in [-0.05, 0) is 29.2 Å². The van der Waals surface area contributed by atoms with Gasteiger partial charge >= 0.3 is 6.18 Å². The summed E-state index contributed by atoms with van der Waals surface area (Å²) in [6.45, 7) is 0. The smallest absolute Gasteiger partial charge is 0.369 e. The van der Waals surface area contributed by atoms with Crippen LogP contribution in [0.15, 0.2) is 78.9 Å². The van der Waals surface area contributed by atoms with Crippen LogP contribution in [0.3, 0.4) is 0 Å². The third-order valence-corrected chi connectivity index (χ3v) is 6.24. The van der Waals surface area contributed by atoms with Crippen molar-refractivity contribution in [3.8, 4) is 11.1 Å². The van der Waals surface area contributed by atoms with Gasteiger partial charge in [-0.3, -0.25) is 14.4 Å². The number of fused-ring (bicyclic) bond motifs is 3. The summed E-state index contributed by atoms with van der Waals surface area (Å²) in [6, 6.07) is 21.1. The number of anilines is 1. The Labute approximate surface area is 205 Å². The molecular weight excluding hydrogens is 471 g/mol. The van der Waals surface area contributed by atoms with E-state index in [4.69, 9.17) is 5.73 Å². The van der Waals surface area contributed by atoms with E-state index in [1.54, 1.807) is 60.7 Å². The monoisotopic (exact) mass is 495 g/mol. The van der Waals surface area contributed by atoms with E-state index in [-0.39, 0.29) is 0 Å². The first-order valence-corrected chi connectivity index (χ1v) is 11.4. The molecule has 0 saturated heterocycles. The summed E-state index contributed by atoms with van der Waals surface area (Å²) in [5.41, 5.74) is 8.38. The van der Waals surface area contributed by atoms with E-state index >= 15 is 0 Å². The van der Waals surface area contributed by atoms with Crippen LogP contribution in [0.5, 0.6) is 0 Å². The molecule has 3 atom stereocenters. The van der Waals surface area contributed by atoms with Gasteiger partial charge < -0.3 is 16.4 Å². The van der Waals surface area contributed by atoms with Crippen molar-refractivity contribution in [2.75, 3.05) is 5.32 Å². The van der Waals surface area contributed by atoms with Gasteiger partial charge in [0.1, 0.15) is 6.04 Å². The fourth-order valence-electron chi connectivity index (χ4n) is 4.56. The maximum atomic E-state index is 13.6. The minimum Gasteiger partial charge on any atom is -0.369 e. The quantitative estimate of drug-likeness (QED) is 0.443. The zero-order chi connectivity index (χ0) is 25.9. The first-order valence-electron chi connectivity index (χ1n) is 11.4. The molecule has 3 amide bonds. The third-order valence-electron chi connectivity index (χ3n) is 6.24. The maximum absolute atomic E-state index is 13.6. The summed E-state index contributed by atoms with van der Waals surface area (Å²) >= 11 is 0. The molecule has 1 heterocycles. The highest BCUT2D eigenvalue weighted by Gasteiger charge is 2.39. The lowest BCUT2D eigenvalue weighted by atomic mass is 9.81. The van der Waals surface area contributed by atoms with Crippen molar-refractivity contribution in [1.82, 2.24) is 5.32 Å². The Bertz CT molecular complexity index is 1280. The topological polar surface area (TPSA) is 101 Å². The van der Waals surface area contributed by atoms with Crippen LogP contribution < -0.4 is 16.4 Å². The van der Waals surface area contributed by atoms with E-state index in [1.165, 1.54) is 0 Å². The lowest BCUT2D eigenvalue weighted by Crippen LogP contribution is -2.43. The maximum Gasteiger partial charge on any atom is 0.389 e. The first kappa shape index (κ1) is 25.0. The number of nitrogens with one attached hydrogen (secondary N) is 2. The molecule has 1 aliphatic rings. The van der Waals surface area contributed by atoms with Gasteiger partial charge in [0.05, 0.1) is 11.8 Å². The second kappa shape index (κ2) is 10.2. The standard InChI is InChI=1S/C27H24F3N3O3/c28-27(29,30)15-14-20(24(31)34)22(16-8-2-1-3-9-16)25(35)33-23-19-12-5-4-10-17(19)18-11-6-7-13-21(18)32-26(23)36/h1-13,20,22-23H,14-15H2,(H2,31,34)(H,32,36)(H,33,35)/t20-,22+,23+/m1/s1. The van der Waals surface area contributed by atoms with Gasteiger partial charge in [-0.25, -0.2) is 0 Å².